The molecule has 2 aromatic carbocycles. The van der Waals surface area contributed by atoms with Crippen LogP contribution in [0.3, 0.4) is 0 Å². The molecule has 0 aromatic heterocycles. The number of carbonyl (C=O) groups excluding carboxylic acids is 2. The summed E-state index contributed by atoms with van der Waals surface area (Å²) >= 11 is 5.91. The zero-order valence-electron chi connectivity index (χ0n) is 19.0. The van der Waals surface area contributed by atoms with E-state index in [-0.39, 0.29) is 29.7 Å². The van der Waals surface area contributed by atoms with Crippen molar-refractivity contribution in [3.8, 4) is 0 Å². The molecular formula is C23H30ClN3O5S. The summed E-state index contributed by atoms with van der Waals surface area (Å²) in [6, 6.07) is 11.2. The molecule has 2 rings (SSSR count). The second kappa shape index (κ2) is 12.1. The van der Waals surface area contributed by atoms with Crippen LogP contribution in [-0.4, -0.2) is 50.8 Å². The molecule has 8 nitrogen and oxygen atoms in total. The Balaban J connectivity index is 2.37. The molecule has 1 unspecified atom stereocenters. The SMILES string of the molecule is COCCNC(=O)c1ccc(CN(C(CC(C)C)C(N)=O)S(=O)(=O)c2ccc(Cl)cc2)cc1. The molecule has 0 aliphatic heterocycles. The molecule has 10 heteroatoms. The van der Waals surface area contributed by atoms with Crippen LogP contribution in [0.25, 0.3) is 0 Å². The maximum absolute atomic E-state index is 13.5. The molecule has 0 spiro atoms. The molecule has 0 radical (unpaired) electrons. The minimum atomic E-state index is -4.07. The van der Waals surface area contributed by atoms with Gasteiger partial charge in [-0.25, -0.2) is 8.42 Å². The highest BCUT2D eigenvalue weighted by Crippen LogP contribution is 2.25. The van der Waals surface area contributed by atoms with Crippen LogP contribution >= 0.6 is 11.6 Å². The summed E-state index contributed by atoms with van der Waals surface area (Å²) in [5, 5.41) is 3.12. The summed E-state index contributed by atoms with van der Waals surface area (Å²) in [6.07, 6.45) is 0.266. The number of nitrogens with two attached hydrogens (primary N) is 1. The fraction of sp³-hybridized carbons (Fsp3) is 0.391. The van der Waals surface area contributed by atoms with E-state index in [1.165, 1.54) is 24.3 Å². The average Bonchev–Trinajstić information content (AvgIpc) is 2.76. The van der Waals surface area contributed by atoms with E-state index < -0.39 is 22.0 Å². The number of carbonyl (C=O) groups is 2. The Morgan fingerprint density at radius 2 is 1.70 bits per heavy atom. The van der Waals surface area contributed by atoms with Gasteiger partial charge >= 0.3 is 0 Å². The molecule has 0 saturated carbocycles. The Bertz CT molecular complexity index is 1040. The molecule has 0 bridgehead atoms. The van der Waals surface area contributed by atoms with Crippen LogP contribution in [0.1, 0.15) is 36.2 Å². The van der Waals surface area contributed by atoms with Crippen LogP contribution in [0.2, 0.25) is 5.02 Å². The second-order valence-electron chi connectivity index (χ2n) is 8.00. The first-order valence-electron chi connectivity index (χ1n) is 10.5. The number of sulfonamides is 1. The fourth-order valence-corrected chi connectivity index (χ4v) is 4.96. The van der Waals surface area contributed by atoms with E-state index in [4.69, 9.17) is 22.1 Å². The van der Waals surface area contributed by atoms with Gasteiger partial charge in [0.1, 0.15) is 6.04 Å². The predicted molar refractivity (Wildman–Crippen MR) is 127 cm³/mol. The summed E-state index contributed by atoms with van der Waals surface area (Å²) in [5.74, 6) is -0.960. The number of nitrogens with one attached hydrogen (secondary N) is 1. The molecule has 0 heterocycles. The van der Waals surface area contributed by atoms with Crippen molar-refractivity contribution in [3.05, 3.63) is 64.7 Å². The number of nitrogens with zero attached hydrogens (tertiary/aromatic N) is 1. The van der Waals surface area contributed by atoms with Gasteiger partial charge in [-0.3, -0.25) is 9.59 Å². The first kappa shape index (κ1) is 26.8. The predicted octanol–water partition coefficient (Wildman–Crippen LogP) is 2.81. The summed E-state index contributed by atoms with van der Waals surface area (Å²) in [6.45, 7) is 4.46. The van der Waals surface area contributed by atoms with E-state index >= 15 is 0 Å². The van der Waals surface area contributed by atoms with Crippen molar-refractivity contribution in [3.63, 3.8) is 0 Å². The second-order valence-corrected chi connectivity index (χ2v) is 10.3. The van der Waals surface area contributed by atoms with E-state index in [9.17, 15) is 18.0 Å². The largest absolute Gasteiger partial charge is 0.383 e. The van der Waals surface area contributed by atoms with Crippen LogP contribution in [0.15, 0.2) is 53.4 Å². The first-order chi connectivity index (χ1) is 15.6. The van der Waals surface area contributed by atoms with Crippen molar-refractivity contribution < 1.29 is 22.7 Å². The molecular weight excluding hydrogens is 466 g/mol. The van der Waals surface area contributed by atoms with E-state index in [0.29, 0.717) is 29.3 Å². The van der Waals surface area contributed by atoms with Gasteiger partial charge in [0.25, 0.3) is 5.91 Å². The lowest BCUT2D eigenvalue weighted by Crippen LogP contribution is -2.48. The molecule has 0 fully saturated rings. The van der Waals surface area contributed by atoms with Crippen molar-refractivity contribution in [1.29, 1.82) is 0 Å². The van der Waals surface area contributed by atoms with E-state index in [0.717, 1.165) is 4.31 Å². The lowest BCUT2D eigenvalue weighted by molar-refractivity contribution is -0.122. The summed E-state index contributed by atoms with van der Waals surface area (Å²) in [5.41, 5.74) is 6.66. The van der Waals surface area contributed by atoms with Crippen LogP contribution in [0.5, 0.6) is 0 Å². The number of halogens is 1. The minimum Gasteiger partial charge on any atom is -0.383 e. The molecule has 0 aliphatic rings. The van der Waals surface area contributed by atoms with Gasteiger partial charge in [-0.1, -0.05) is 37.6 Å². The number of amides is 2. The molecule has 0 saturated heterocycles. The van der Waals surface area contributed by atoms with E-state index in [2.05, 4.69) is 5.32 Å². The van der Waals surface area contributed by atoms with Crippen molar-refractivity contribution in [2.75, 3.05) is 20.3 Å². The highest BCUT2D eigenvalue weighted by Gasteiger charge is 2.35. The van der Waals surface area contributed by atoms with Crippen LogP contribution < -0.4 is 11.1 Å². The van der Waals surface area contributed by atoms with Gasteiger partial charge in [0.15, 0.2) is 0 Å². The van der Waals surface area contributed by atoms with E-state index in [1.807, 2.05) is 13.8 Å². The number of benzene rings is 2. The fourth-order valence-electron chi connectivity index (χ4n) is 3.24. The number of hydrogen-bond acceptors (Lipinski definition) is 5. The number of rotatable bonds is 12. The number of primary amides is 1. The third-order valence-corrected chi connectivity index (χ3v) is 7.06. The quantitative estimate of drug-likeness (QED) is 0.439. The molecule has 3 N–H and O–H groups in total. The molecule has 33 heavy (non-hydrogen) atoms. The third-order valence-electron chi connectivity index (χ3n) is 4.94. The molecule has 180 valence electrons. The highest BCUT2D eigenvalue weighted by molar-refractivity contribution is 7.89. The van der Waals surface area contributed by atoms with Crippen LogP contribution in [0, 0.1) is 5.92 Å². The Morgan fingerprint density at radius 3 is 2.21 bits per heavy atom. The van der Waals surface area contributed by atoms with E-state index in [1.54, 1.807) is 31.4 Å². The Morgan fingerprint density at radius 1 is 1.09 bits per heavy atom. The molecule has 2 amide bonds. The van der Waals surface area contributed by atoms with Gasteiger partial charge in [-0.2, -0.15) is 4.31 Å². The van der Waals surface area contributed by atoms with Gasteiger partial charge in [0, 0.05) is 30.8 Å². The number of hydrogen-bond donors (Lipinski definition) is 2. The zero-order chi connectivity index (χ0) is 24.6. The van der Waals surface area contributed by atoms with Crippen molar-refractivity contribution >= 4 is 33.4 Å². The summed E-state index contributed by atoms with van der Waals surface area (Å²) in [7, 11) is -2.52. The monoisotopic (exact) mass is 495 g/mol. The van der Waals surface area contributed by atoms with Gasteiger partial charge in [0.05, 0.1) is 11.5 Å². The number of methoxy groups -OCH3 is 1. The smallest absolute Gasteiger partial charge is 0.251 e. The van der Waals surface area contributed by atoms with Crippen molar-refractivity contribution in [1.82, 2.24) is 9.62 Å². The molecule has 1 atom stereocenters. The van der Waals surface area contributed by atoms with Crippen molar-refractivity contribution in [2.24, 2.45) is 11.7 Å². The summed E-state index contributed by atoms with van der Waals surface area (Å²) < 4.78 is 33.0. The van der Waals surface area contributed by atoms with Gasteiger partial charge < -0.3 is 15.8 Å². The maximum atomic E-state index is 13.5. The van der Waals surface area contributed by atoms with Gasteiger partial charge in [-0.05, 0) is 54.3 Å². The first-order valence-corrected chi connectivity index (χ1v) is 12.3. The lowest BCUT2D eigenvalue weighted by Gasteiger charge is -2.30. The van der Waals surface area contributed by atoms with Gasteiger partial charge in [0.2, 0.25) is 15.9 Å². The third kappa shape index (κ3) is 7.53. The van der Waals surface area contributed by atoms with Crippen molar-refractivity contribution in [2.45, 2.75) is 37.8 Å². The average molecular weight is 496 g/mol. The zero-order valence-corrected chi connectivity index (χ0v) is 20.5. The van der Waals surface area contributed by atoms with Crippen LogP contribution in [0.4, 0.5) is 0 Å². The van der Waals surface area contributed by atoms with Gasteiger partial charge in [-0.15, -0.1) is 0 Å². The molecule has 2 aromatic rings. The topological polar surface area (TPSA) is 119 Å². The maximum Gasteiger partial charge on any atom is 0.251 e. The highest BCUT2D eigenvalue weighted by atomic mass is 35.5. The Hall–Kier alpha value is -2.46. The normalized spacial score (nSPS) is 12.7. The standard InChI is InChI=1S/C23H30ClN3O5S/c1-16(2)14-21(22(25)28)27(33(30,31)20-10-8-19(24)9-11-20)15-17-4-6-18(7-5-17)23(29)26-12-13-32-3/h4-11,16,21H,12-15H2,1-3H3,(H2,25,28)(H,26,29). The lowest BCUT2D eigenvalue weighted by atomic mass is 10.0. The Labute approximate surface area is 200 Å². The summed E-state index contributed by atoms with van der Waals surface area (Å²) in [4.78, 5) is 24.5. The van der Waals surface area contributed by atoms with Crippen LogP contribution in [-0.2, 0) is 26.1 Å². The molecule has 0 aliphatic carbocycles. The number of ether oxygens (including phenoxy) is 1. The Kier molecular flexibility index (Phi) is 9.85. The minimum absolute atomic E-state index is 0.0102.